The molecule has 7 nitrogen and oxygen atoms in total. The molecule has 24 heavy (non-hydrogen) atoms. The van der Waals surface area contributed by atoms with Crippen molar-refractivity contribution in [3.8, 4) is 0 Å². The summed E-state index contributed by atoms with van der Waals surface area (Å²) in [6, 6.07) is 5.18. The summed E-state index contributed by atoms with van der Waals surface area (Å²) in [5, 5.41) is 11.5. The highest BCUT2D eigenvalue weighted by Gasteiger charge is 2.28. The highest BCUT2D eigenvalue weighted by molar-refractivity contribution is 5.71. The number of nitrogens with zero attached hydrogens (tertiary/aromatic N) is 2. The van der Waals surface area contributed by atoms with E-state index in [2.05, 4.69) is 4.74 Å². The van der Waals surface area contributed by atoms with Gasteiger partial charge in [0.25, 0.3) is 5.69 Å². The van der Waals surface area contributed by atoms with Gasteiger partial charge in [-0.15, -0.1) is 0 Å². The second kappa shape index (κ2) is 7.61. The van der Waals surface area contributed by atoms with Crippen LogP contribution in [0.5, 0.6) is 0 Å². The second-order valence-electron chi connectivity index (χ2n) is 6.35. The van der Waals surface area contributed by atoms with Crippen molar-refractivity contribution >= 4 is 17.3 Å². The van der Waals surface area contributed by atoms with Crippen LogP contribution in [-0.2, 0) is 14.3 Å². The van der Waals surface area contributed by atoms with Gasteiger partial charge < -0.3 is 14.4 Å². The molecule has 1 unspecified atom stereocenters. The standard InChI is InChI=1S/C17H24N2O5/c1-11(7-17(20)23-4)14-5-6-15(16(8-14)19(21)22)18-9-12(2)24-13(3)10-18/h5-6,8,11-13H,7,9-10H2,1-4H3/t11?,12-,13+. The minimum Gasteiger partial charge on any atom is -0.469 e. The number of carbonyl (C=O) groups excluding carboxylic acids is 1. The van der Waals surface area contributed by atoms with Gasteiger partial charge in [0, 0.05) is 19.2 Å². The molecule has 0 saturated carbocycles. The SMILES string of the molecule is COC(=O)CC(C)c1ccc(N2C[C@@H](C)O[C@@H](C)C2)c([N+](=O)[O-])c1. The molecule has 0 bridgehead atoms. The second-order valence-corrected chi connectivity index (χ2v) is 6.35. The van der Waals surface area contributed by atoms with E-state index in [0.29, 0.717) is 18.8 Å². The molecule has 2 rings (SSSR count). The highest BCUT2D eigenvalue weighted by atomic mass is 16.6. The molecule has 3 atom stereocenters. The van der Waals surface area contributed by atoms with Crippen molar-refractivity contribution in [2.45, 2.75) is 45.3 Å². The van der Waals surface area contributed by atoms with Gasteiger partial charge >= 0.3 is 5.97 Å². The number of methoxy groups -OCH3 is 1. The van der Waals surface area contributed by atoms with Crippen LogP contribution in [0.4, 0.5) is 11.4 Å². The van der Waals surface area contributed by atoms with Crippen molar-refractivity contribution < 1.29 is 19.2 Å². The van der Waals surface area contributed by atoms with Crippen molar-refractivity contribution in [3.63, 3.8) is 0 Å². The molecule has 1 aromatic rings. The first-order valence-electron chi connectivity index (χ1n) is 8.07. The Hall–Kier alpha value is -2.15. The lowest BCUT2D eigenvalue weighted by Crippen LogP contribution is -2.45. The molecule has 0 amide bonds. The average molecular weight is 336 g/mol. The quantitative estimate of drug-likeness (QED) is 0.467. The molecule has 0 aliphatic carbocycles. The van der Waals surface area contributed by atoms with E-state index in [1.54, 1.807) is 12.1 Å². The zero-order valence-electron chi connectivity index (χ0n) is 14.5. The van der Waals surface area contributed by atoms with Crippen LogP contribution in [-0.4, -0.2) is 43.3 Å². The molecule has 0 radical (unpaired) electrons. The first-order chi connectivity index (χ1) is 11.3. The molecule has 7 heteroatoms. The third kappa shape index (κ3) is 4.23. The number of hydrogen-bond acceptors (Lipinski definition) is 6. The van der Waals surface area contributed by atoms with E-state index in [0.717, 1.165) is 5.56 Å². The van der Waals surface area contributed by atoms with Gasteiger partial charge in [0.15, 0.2) is 0 Å². The monoisotopic (exact) mass is 336 g/mol. The van der Waals surface area contributed by atoms with Crippen LogP contribution in [0.15, 0.2) is 18.2 Å². The van der Waals surface area contributed by atoms with Gasteiger partial charge in [-0.05, 0) is 31.4 Å². The van der Waals surface area contributed by atoms with Crippen molar-refractivity contribution in [3.05, 3.63) is 33.9 Å². The van der Waals surface area contributed by atoms with Gasteiger partial charge in [-0.1, -0.05) is 13.0 Å². The van der Waals surface area contributed by atoms with E-state index < -0.39 is 0 Å². The van der Waals surface area contributed by atoms with Crippen molar-refractivity contribution in [1.29, 1.82) is 0 Å². The first-order valence-corrected chi connectivity index (χ1v) is 8.07. The van der Waals surface area contributed by atoms with Gasteiger partial charge in [-0.25, -0.2) is 0 Å². The maximum Gasteiger partial charge on any atom is 0.306 e. The topological polar surface area (TPSA) is 81.9 Å². The third-order valence-electron chi connectivity index (χ3n) is 4.23. The van der Waals surface area contributed by atoms with Crippen LogP contribution in [0.25, 0.3) is 0 Å². The number of carbonyl (C=O) groups is 1. The third-order valence-corrected chi connectivity index (χ3v) is 4.23. The van der Waals surface area contributed by atoms with Gasteiger partial charge in [0.1, 0.15) is 5.69 Å². The van der Waals surface area contributed by atoms with Crippen LogP contribution in [0.1, 0.15) is 38.7 Å². The zero-order valence-corrected chi connectivity index (χ0v) is 14.5. The lowest BCUT2D eigenvalue weighted by Gasteiger charge is -2.36. The summed E-state index contributed by atoms with van der Waals surface area (Å²) < 4.78 is 10.4. The highest BCUT2D eigenvalue weighted by Crippen LogP contribution is 2.34. The number of nitro groups is 1. The smallest absolute Gasteiger partial charge is 0.306 e. The van der Waals surface area contributed by atoms with Crippen LogP contribution < -0.4 is 4.90 Å². The Labute approximate surface area is 141 Å². The summed E-state index contributed by atoms with van der Waals surface area (Å²) in [5.74, 6) is -0.474. The minimum absolute atomic E-state index is 0.0197. The molecule has 1 saturated heterocycles. The van der Waals surface area contributed by atoms with E-state index in [4.69, 9.17) is 4.74 Å². The molecule has 1 heterocycles. The molecule has 1 aliphatic heterocycles. The molecule has 1 fully saturated rings. The maximum atomic E-state index is 11.5. The molecule has 0 spiro atoms. The number of benzene rings is 1. The molecule has 1 aromatic carbocycles. The Morgan fingerprint density at radius 2 is 2.04 bits per heavy atom. The number of rotatable bonds is 5. The fraction of sp³-hybridized carbons (Fsp3) is 0.588. The predicted octanol–water partition coefficient (Wildman–Crippen LogP) is 2.88. The van der Waals surface area contributed by atoms with Crippen LogP contribution >= 0.6 is 0 Å². The number of nitro benzene ring substituents is 1. The van der Waals surface area contributed by atoms with Gasteiger partial charge in [-0.3, -0.25) is 14.9 Å². The van der Waals surface area contributed by atoms with E-state index in [1.165, 1.54) is 7.11 Å². The average Bonchev–Trinajstić information content (AvgIpc) is 2.53. The van der Waals surface area contributed by atoms with Crippen molar-refractivity contribution in [2.75, 3.05) is 25.1 Å². The summed E-state index contributed by atoms with van der Waals surface area (Å²) >= 11 is 0. The van der Waals surface area contributed by atoms with E-state index in [9.17, 15) is 14.9 Å². The Balaban J connectivity index is 2.30. The predicted molar refractivity (Wildman–Crippen MR) is 90.4 cm³/mol. The fourth-order valence-electron chi connectivity index (χ4n) is 3.09. The molecule has 132 valence electrons. The Kier molecular flexibility index (Phi) is 5.77. The fourth-order valence-corrected chi connectivity index (χ4v) is 3.09. The first kappa shape index (κ1) is 18.2. The number of hydrogen-bond donors (Lipinski definition) is 0. The number of anilines is 1. The maximum absolute atomic E-state index is 11.5. The zero-order chi connectivity index (χ0) is 17.9. The van der Waals surface area contributed by atoms with Crippen LogP contribution in [0.2, 0.25) is 0 Å². The molecule has 1 aliphatic rings. The summed E-state index contributed by atoms with van der Waals surface area (Å²) in [5.41, 5.74) is 1.41. The number of morpholine rings is 1. The summed E-state index contributed by atoms with van der Waals surface area (Å²) in [7, 11) is 1.33. The number of esters is 1. The van der Waals surface area contributed by atoms with Gasteiger partial charge in [-0.2, -0.15) is 0 Å². The van der Waals surface area contributed by atoms with Gasteiger partial charge in [0.2, 0.25) is 0 Å². The molecule has 0 aromatic heterocycles. The van der Waals surface area contributed by atoms with E-state index >= 15 is 0 Å². The largest absolute Gasteiger partial charge is 0.469 e. The summed E-state index contributed by atoms with van der Waals surface area (Å²) in [6.45, 7) is 7.00. The summed E-state index contributed by atoms with van der Waals surface area (Å²) in [4.78, 5) is 24.6. The van der Waals surface area contributed by atoms with Crippen molar-refractivity contribution in [2.24, 2.45) is 0 Å². The molecular formula is C17H24N2O5. The molecular weight excluding hydrogens is 312 g/mol. The minimum atomic E-state index is -0.367. The Morgan fingerprint density at radius 1 is 1.42 bits per heavy atom. The van der Waals surface area contributed by atoms with E-state index in [1.807, 2.05) is 31.7 Å². The van der Waals surface area contributed by atoms with Crippen molar-refractivity contribution in [1.82, 2.24) is 0 Å². The Morgan fingerprint density at radius 3 is 2.58 bits per heavy atom. The van der Waals surface area contributed by atoms with E-state index in [-0.39, 0.29) is 41.1 Å². The Bertz CT molecular complexity index is 609. The summed E-state index contributed by atoms with van der Waals surface area (Å²) in [6.07, 6.45) is 0.232. The van der Waals surface area contributed by atoms with Crippen LogP contribution in [0, 0.1) is 10.1 Å². The lowest BCUT2D eigenvalue weighted by atomic mass is 9.96. The molecule has 0 N–H and O–H groups in total. The normalized spacial score (nSPS) is 22.1. The van der Waals surface area contributed by atoms with Crippen LogP contribution in [0.3, 0.4) is 0 Å². The van der Waals surface area contributed by atoms with Gasteiger partial charge in [0.05, 0.1) is 30.7 Å². The lowest BCUT2D eigenvalue weighted by molar-refractivity contribution is -0.384. The number of ether oxygens (including phenoxy) is 2.